The van der Waals surface area contributed by atoms with E-state index in [2.05, 4.69) is 4.74 Å². The number of carbonyl (C=O) groups excluding carboxylic acids is 1. The summed E-state index contributed by atoms with van der Waals surface area (Å²) < 4.78 is 10.3. The van der Waals surface area contributed by atoms with E-state index in [1.54, 1.807) is 0 Å². The molecule has 0 spiro atoms. The van der Waals surface area contributed by atoms with Crippen molar-refractivity contribution in [2.45, 2.75) is 13.0 Å². The maximum atomic E-state index is 11.1. The van der Waals surface area contributed by atoms with E-state index < -0.39 is 0 Å². The van der Waals surface area contributed by atoms with E-state index in [-0.39, 0.29) is 12.4 Å². The van der Waals surface area contributed by atoms with Gasteiger partial charge in [-0.15, -0.1) is 0 Å². The van der Waals surface area contributed by atoms with Crippen LogP contribution in [0.5, 0.6) is 5.75 Å². The van der Waals surface area contributed by atoms with Gasteiger partial charge in [0.05, 0.1) is 13.5 Å². The van der Waals surface area contributed by atoms with Crippen molar-refractivity contribution in [2.75, 3.05) is 7.11 Å². The van der Waals surface area contributed by atoms with Crippen molar-refractivity contribution in [3.8, 4) is 5.75 Å². The van der Waals surface area contributed by atoms with Crippen molar-refractivity contribution in [2.24, 2.45) is 0 Å². The van der Waals surface area contributed by atoms with Gasteiger partial charge in [0.15, 0.2) is 0 Å². The molecule has 2 aromatic rings. The summed E-state index contributed by atoms with van der Waals surface area (Å²) in [5.41, 5.74) is 1.83. The second kappa shape index (κ2) is 6.96. The highest BCUT2D eigenvalue weighted by Gasteiger charge is 2.04. The zero-order chi connectivity index (χ0) is 14.4. The molecule has 0 unspecified atom stereocenters. The molecule has 104 valence electrons. The van der Waals surface area contributed by atoms with Gasteiger partial charge < -0.3 is 9.47 Å². The Hall–Kier alpha value is -2.00. The predicted molar refractivity (Wildman–Crippen MR) is 77.9 cm³/mol. The van der Waals surface area contributed by atoms with Gasteiger partial charge in [0.25, 0.3) is 0 Å². The molecule has 0 atom stereocenters. The second-order valence-electron chi connectivity index (χ2n) is 4.28. The maximum Gasteiger partial charge on any atom is 0.309 e. The summed E-state index contributed by atoms with van der Waals surface area (Å²) >= 11 is 6.06. The first-order valence-corrected chi connectivity index (χ1v) is 6.59. The number of methoxy groups -OCH3 is 1. The SMILES string of the molecule is COC(=O)Cc1ccc(OCc2ccccc2Cl)cc1. The van der Waals surface area contributed by atoms with Crippen molar-refractivity contribution in [1.29, 1.82) is 0 Å². The van der Waals surface area contributed by atoms with Gasteiger partial charge in [0.2, 0.25) is 0 Å². The van der Waals surface area contributed by atoms with Gasteiger partial charge in [-0.3, -0.25) is 4.79 Å². The fourth-order valence-electron chi connectivity index (χ4n) is 1.72. The molecule has 0 bridgehead atoms. The van der Waals surface area contributed by atoms with Crippen LogP contribution in [0.4, 0.5) is 0 Å². The van der Waals surface area contributed by atoms with E-state index in [0.29, 0.717) is 11.6 Å². The molecule has 0 aromatic heterocycles. The van der Waals surface area contributed by atoms with Gasteiger partial charge >= 0.3 is 5.97 Å². The molecular formula is C16H15ClO3. The fraction of sp³-hybridized carbons (Fsp3) is 0.188. The number of hydrogen-bond acceptors (Lipinski definition) is 3. The first kappa shape index (κ1) is 14.4. The molecule has 20 heavy (non-hydrogen) atoms. The van der Waals surface area contributed by atoms with Crippen molar-refractivity contribution >= 4 is 17.6 Å². The Morgan fingerprint density at radius 2 is 1.80 bits per heavy atom. The van der Waals surface area contributed by atoms with Gasteiger partial charge in [-0.2, -0.15) is 0 Å². The molecule has 0 aliphatic rings. The normalized spacial score (nSPS) is 10.1. The minimum atomic E-state index is -0.255. The molecule has 0 fully saturated rings. The number of rotatable bonds is 5. The Morgan fingerprint density at radius 3 is 2.45 bits per heavy atom. The summed E-state index contributed by atoms with van der Waals surface area (Å²) in [6.07, 6.45) is 0.265. The highest BCUT2D eigenvalue weighted by atomic mass is 35.5. The Bertz CT molecular complexity index is 579. The van der Waals surface area contributed by atoms with E-state index in [4.69, 9.17) is 16.3 Å². The van der Waals surface area contributed by atoms with Gasteiger partial charge in [0, 0.05) is 10.6 Å². The van der Waals surface area contributed by atoms with Crippen LogP contribution in [-0.4, -0.2) is 13.1 Å². The van der Waals surface area contributed by atoms with Crippen LogP contribution in [-0.2, 0) is 22.6 Å². The Morgan fingerprint density at radius 1 is 1.10 bits per heavy atom. The van der Waals surface area contributed by atoms with Crippen LogP contribution < -0.4 is 4.74 Å². The molecule has 2 aromatic carbocycles. The highest BCUT2D eigenvalue weighted by molar-refractivity contribution is 6.31. The molecule has 0 N–H and O–H groups in total. The van der Waals surface area contributed by atoms with E-state index in [1.807, 2.05) is 48.5 Å². The topological polar surface area (TPSA) is 35.5 Å². The molecule has 2 rings (SSSR count). The highest BCUT2D eigenvalue weighted by Crippen LogP contribution is 2.19. The molecule has 0 aliphatic heterocycles. The van der Waals surface area contributed by atoms with Crippen LogP contribution in [0.2, 0.25) is 5.02 Å². The van der Waals surface area contributed by atoms with Gasteiger partial charge in [-0.25, -0.2) is 0 Å². The monoisotopic (exact) mass is 290 g/mol. The van der Waals surface area contributed by atoms with Gasteiger partial charge in [-0.1, -0.05) is 41.9 Å². The number of carbonyl (C=O) groups is 1. The first-order valence-electron chi connectivity index (χ1n) is 6.21. The van der Waals surface area contributed by atoms with Crippen LogP contribution in [0.1, 0.15) is 11.1 Å². The summed E-state index contributed by atoms with van der Waals surface area (Å²) in [5.74, 6) is 0.480. The van der Waals surface area contributed by atoms with Crippen molar-refractivity contribution in [3.05, 3.63) is 64.7 Å². The van der Waals surface area contributed by atoms with Crippen molar-refractivity contribution in [1.82, 2.24) is 0 Å². The largest absolute Gasteiger partial charge is 0.489 e. The minimum absolute atomic E-state index is 0.255. The Labute approximate surface area is 123 Å². The molecule has 0 saturated heterocycles. The minimum Gasteiger partial charge on any atom is -0.489 e. The van der Waals surface area contributed by atoms with Gasteiger partial charge in [-0.05, 0) is 23.8 Å². The lowest BCUT2D eigenvalue weighted by molar-refractivity contribution is -0.139. The van der Waals surface area contributed by atoms with Crippen molar-refractivity contribution < 1.29 is 14.3 Å². The fourth-order valence-corrected chi connectivity index (χ4v) is 1.91. The molecule has 0 amide bonds. The molecule has 4 heteroatoms. The summed E-state index contributed by atoms with van der Waals surface area (Å²) in [6.45, 7) is 0.413. The number of ether oxygens (including phenoxy) is 2. The van der Waals surface area contributed by atoms with Crippen molar-refractivity contribution in [3.63, 3.8) is 0 Å². The average molecular weight is 291 g/mol. The van der Waals surface area contributed by atoms with Crippen LogP contribution >= 0.6 is 11.6 Å². The lowest BCUT2D eigenvalue weighted by Crippen LogP contribution is -2.04. The summed E-state index contributed by atoms with van der Waals surface area (Å²) in [7, 11) is 1.38. The van der Waals surface area contributed by atoms with E-state index in [0.717, 1.165) is 16.9 Å². The average Bonchev–Trinajstić information content (AvgIpc) is 2.48. The Kier molecular flexibility index (Phi) is 5.02. The van der Waals surface area contributed by atoms with Crippen LogP contribution in [0, 0.1) is 0 Å². The third kappa shape index (κ3) is 4.00. The van der Waals surface area contributed by atoms with Crippen LogP contribution in [0.25, 0.3) is 0 Å². The predicted octanol–water partition coefficient (Wildman–Crippen LogP) is 3.63. The van der Waals surface area contributed by atoms with E-state index >= 15 is 0 Å². The number of halogens is 1. The van der Waals surface area contributed by atoms with Crippen LogP contribution in [0.3, 0.4) is 0 Å². The molecule has 0 aliphatic carbocycles. The van der Waals surface area contributed by atoms with E-state index in [1.165, 1.54) is 7.11 Å². The maximum absolute atomic E-state index is 11.1. The molecule has 0 saturated carbocycles. The lowest BCUT2D eigenvalue weighted by Gasteiger charge is -2.08. The quantitative estimate of drug-likeness (QED) is 0.789. The summed E-state index contributed by atoms with van der Waals surface area (Å²) in [5, 5.41) is 0.690. The molecule has 0 radical (unpaired) electrons. The van der Waals surface area contributed by atoms with Crippen LogP contribution in [0.15, 0.2) is 48.5 Å². The zero-order valence-electron chi connectivity index (χ0n) is 11.1. The number of hydrogen-bond donors (Lipinski definition) is 0. The molecular weight excluding hydrogens is 276 g/mol. The van der Waals surface area contributed by atoms with Gasteiger partial charge in [0.1, 0.15) is 12.4 Å². The zero-order valence-corrected chi connectivity index (χ0v) is 11.9. The smallest absolute Gasteiger partial charge is 0.309 e. The summed E-state index contributed by atoms with van der Waals surface area (Å²) in [4.78, 5) is 11.1. The third-order valence-electron chi connectivity index (χ3n) is 2.85. The Balaban J connectivity index is 1.94. The number of benzene rings is 2. The lowest BCUT2D eigenvalue weighted by atomic mass is 10.1. The van der Waals surface area contributed by atoms with E-state index in [9.17, 15) is 4.79 Å². The standard InChI is InChI=1S/C16H15ClO3/c1-19-16(18)10-12-6-8-14(9-7-12)20-11-13-4-2-3-5-15(13)17/h2-9H,10-11H2,1H3. The summed E-state index contributed by atoms with van der Waals surface area (Å²) in [6, 6.07) is 14.9. The molecule has 0 heterocycles. The third-order valence-corrected chi connectivity index (χ3v) is 3.22. The second-order valence-corrected chi connectivity index (χ2v) is 4.68. The first-order chi connectivity index (χ1) is 9.69. The molecule has 3 nitrogen and oxygen atoms in total. The number of esters is 1.